The van der Waals surface area contributed by atoms with Crippen molar-refractivity contribution in [1.82, 2.24) is 4.72 Å². The summed E-state index contributed by atoms with van der Waals surface area (Å²) >= 11 is 4.50. The van der Waals surface area contributed by atoms with Crippen molar-refractivity contribution in [3.05, 3.63) is 15.9 Å². The van der Waals surface area contributed by atoms with E-state index in [1.165, 1.54) is 11.3 Å². The molecule has 0 saturated carbocycles. The number of sulfonamides is 1. The lowest BCUT2D eigenvalue weighted by atomic mass is 9.94. The van der Waals surface area contributed by atoms with Gasteiger partial charge in [0.2, 0.25) is 10.0 Å². The summed E-state index contributed by atoms with van der Waals surface area (Å²) in [7, 11) is -3.39. The van der Waals surface area contributed by atoms with Crippen LogP contribution in [-0.2, 0) is 10.0 Å². The smallest absolute Gasteiger partial charge is 0.207 e. The van der Waals surface area contributed by atoms with Crippen LogP contribution in [0.15, 0.2) is 20.1 Å². The highest BCUT2D eigenvalue weighted by molar-refractivity contribution is 9.11. The Morgan fingerprint density at radius 1 is 1.18 bits per heavy atom. The van der Waals surface area contributed by atoms with Crippen molar-refractivity contribution in [1.29, 1.82) is 0 Å². The van der Waals surface area contributed by atoms with Gasteiger partial charge >= 0.3 is 0 Å². The van der Waals surface area contributed by atoms with Gasteiger partial charge in [-0.15, -0.1) is 11.3 Å². The van der Waals surface area contributed by atoms with Crippen LogP contribution < -0.4 is 4.72 Å². The van der Waals surface area contributed by atoms with Crippen molar-refractivity contribution in [2.24, 2.45) is 11.8 Å². The van der Waals surface area contributed by atoms with E-state index in [1.807, 2.05) is 27.7 Å². The van der Waals surface area contributed by atoms with Crippen LogP contribution >= 0.6 is 27.3 Å². The Morgan fingerprint density at radius 2 is 1.71 bits per heavy atom. The van der Waals surface area contributed by atoms with Crippen LogP contribution in [0.5, 0.6) is 0 Å². The van der Waals surface area contributed by atoms with Gasteiger partial charge in [-0.2, -0.15) is 0 Å². The molecule has 0 bridgehead atoms. The number of nitrogens with one attached hydrogen (secondary N) is 1. The molecule has 0 atom stereocenters. The van der Waals surface area contributed by atoms with Crippen LogP contribution in [0.2, 0.25) is 0 Å². The number of hydrogen-bond donors (Lipinski definition) is 1. The fourth-order valence-electron chi connectivity index (χ4n) is 1.72. The van der Waals surface area contributed by atoms with Gasteiger partial charge < -0.3 is 0 Å². The Morgan fingerprint density at radius 3 is 2.06 bits per heavy atom. The molecule has 0 fully saturated rings. The lowest BCUT2D eigenvalue weighted by molar-refractivity contribution is 0.356. The molecule has 1 N–H and O–H groups in total. The topological polar surface area (TPSA) is 46.2 Å². The average Bonchev–Trinajstić information content (AvgIpc) is 2.61. The Balaban J connectivity index is 2.93. The van der Waals surface area contributed by atoms with Crippen molar-refractivity contribution >= 4 is 37.3 Å². The zero-order valence-corrected chi connectivity index (χ0v) is 13.6. The summed E-state index contributed by atoms with van der Waals surface area (Å²) in [5.41, 5.74) is 0. The molecule has 3 nitrogen and oxygen atoms in total. The maximum atomic E-state index is 12.1. The van der Waals surface area contributed by atoms with Crippen molar-refractivity contribution in [2.75, 3.05) is 0 Å². The van der Waals surface area contributed by atoms with Gasteiger partial charge in [0.15, 0.2) is 0 Å². The van der Waals surface area contributed by atoms with E-state index in [4.69, 9.17) is 0 Å². The number of thiophene rings is 1. The van der Waals surface area contributed by atoms with Crippen molar-refractivity contribution in [3.63, 3.8) is 0 Å². The molecule has 0 amide bonds. The summed E-state index contributed by atoms with van der Waals surface area (Å²) in [4.78, 5) is 0. The standard InChI is InChI=1S/C11H18BrNO2S2/c1-7(2)11(8(3)4)13-17(14,15)10-6-5-9(12)16-10/h5-8,11,13H,1-4H3. The molecule has 17 heavy (non-hydrogen) atoms. The largest absolute Gasteiger partial charge is 0.250 e. The molecule has 98 valence electrons. The summed E-state index contributed by atoms with van der Waals surface area (Å²) in [6, 6.07) is 3.33. The molecule has 1 heterocycles. The van der Waals surface area contributed by atoms with Crippen LogP contribution in [-0.4, -0.2) is 14.5 Å². The Hall–Kier alpha value is 0.0900. The highest BCUT2D eigenvalue weighted by Crippen LogP contribution is 2.27. The normalized spacial score (nSPS) is 12.9. The third-order valence-electron chi connectivity index (χ3n) is 2.54. The Bertz CT molecular complexity index is 458. The maximum absolute atomic E-state index is 12.1. The molecule has 0 unspecified atom stereocenters. The van der Waals surface area contributed by atoms with E-state index in [2.05, 4.69) is 20.7 Å². The Labute approximate surface area is 116 Å². The van der Waals surface area contributed by atoms with E-state index in [-0.39, 0.29) is 17.9 Å². The molecule has 1 aromatic heterocycles. The second-order valence-corrected chi connectivity index (χ2v) is 9.10. The molecule has 0 spiro atoms. The third-order valence-corrected chi connectivity index (χ3v) is 6.12. The molecule has 0 aromatic carbocycles. The second kappa shape index (κ2) is 5.82. The minimum absolute atomic E-state index is 0.0409. The van der Waals surface area contributed by atoms with Crippen molar-refractivity contribution in [3.8, 4) is 0 Å². The lowest BCUT2D eigenvalue weighted by Gasteiger charge is -2.25. The first-order chi connectivity index (χ1) is 7.74. The van der Waals surface area contributed by atoms with Crippen molar-refractivity contribution in [2.45, 2.75) is 37.9 Å². The minimum Gasteiger partial charge on any atom is -0.207 e. The monoisotopic (exact) mass is 339 g/mol. The molecule has 0 aliphatic heterocycles. The molecule has 0 aliphatic rings. The van der Waals surface area contributed by atoms with Crippen molar-refractivity contribution < 1.29 is 8.42 Å². The fraction of sp³-hybridized carbons (Fsp3) is 0.636. The predicted octanol–water partition coefficient (Wildman–Crippen LogP) is 3.47. The highest BCUT2D eigenvalue weighted by Gasteiger charge is 2.25. The fourth-order valence-corrected chi connectivity index (χ4v) is 5.28. The molecule has 0 saturated heterocycles. The average molecular weight is 340 g/mol. The molecule has 0 radical (unpaired) electrons. The van der Waals surface area contributed by atoms with E-state index in [9.17, 15) is 8.42 Å². The molecular weight excluding hydrogens is 322 g/mol. The first-order valence-electron chi connectivity index (χ1n) is 5.51. The maximum Gasteiger partial charge on any atom is 0.250 e. The number of halogens is 1. The molecule has 1 rings (SSSR count). The van der Waals surface area contributed by atoms with E-state index in [0.717, 1.165) is 3.79 Å². The molecular formula is C11H18BrNO2S2. The van der Waals surface area contributed by atoms with E-state index in [1.54, 1.807) is 12.1 Å². The van der Waals surface area contributed by atoms with Gasteiger partial charge in [-0.3, -0.25) is 0 Å². The zero-order valence-electron chi connectivity index (χ0n) is 10.4. The molecule has 6 heteroatoms. The summed E-state index contributed by atoms with van der Waals surface area (Å²) in [6.45, 7) is 8.10. The van der Waals surface area contributed by atoms with Crippen LogP contribution in [0.25, 0.3) is 0 Å². The van der Waals surface area contributed by atoms with Crippen LogP contribution in [0.4, 0.5) is 0 Å². The number of hydrogen-bond acceptors (Lipinski definition) is 3. The van der Waals surface area contributed by atoms with Gasteiger partial charge in [0.05, 0.1) is 3.79 Å². The van der Waals surface area contributed by atoms with Gasteiger partial charge in [0.1, 0.15) is 4.21 Å². The highest BCUT2D eigenvalue weighted by atomic mass is 79.9. The molecule has 1 aromatic rings. The molecule has 0 aliphatic carbocycles. The summed E-state index contributed by atoms with van der Waals surface area (Å²) < 4.78 is 28.3. The Kier molecular flexibility index (Phi) is 5.19. The predicted molar refractivity (Wildman–Crippen MR) is 75.8 cm³/mol. The van der Waals surface area contributed by atoms with Gasteiger partial charge in [0.25, 0.3) is 0 Å². The lowest BCUT2D eigenvalue weighted by Crippen LogP contribution is -2.41. The van der Waals surface area contributed by atoms with Crippen LogP contribution in [0, 0.1) is 11.8 Å². The van der Waals surface area contributed by atoms with E-state index in [0.29, 0.717) is 4.21 Å². The quantitative estimate of drug-likeness (QED) is 0.892. The van der Waals surface area contributed by atoms with Crippen LogP contribution in [0.1, 0.15) is 27.7 Å². The minimum atomic E-state index is -3.39. The summed E-state index contributed by atoms with van der Waals surface area (Å²) in [5.74, 6) is 0.543. The van der Waals surface area contributed by atoms with Gasteiger partial charge in [-0.25, -0.2) is 13.1 Å². The summed E-state index contributed by atoms with van der Waals surface area (Å²) in [5, 5.41) is 0. The van der Waals surface area contributed by atoms with Gasteiger partial charge in [-0.1, -0.05) is 27.7 Å². The van der Waals surface area contributed by atoms with Crippen LogP contribution in [0.3, 0.4) is 0 Å². The number of rotatable bonds is 5. The van der Waals surface area contributed by atoms with E-state index >= 15 is 0 Å². The first-order valence-corrected chi connectivity index (χ1v) is 8.61. The van der Waals surface area contributed by atoms with E-state index < -0.39 is 10.0 Å². The SMILES string of the molecule is CC(C)C(NS(=O)(=O)c1ccc(Br)s1)C(C)C. The first kappa shape index (κ1) is 15.1. The van der Waals surface area contributed by atoms with Gasteiger partial charge in [-0.05, 0) is 39.9 Å². The second-order valence-electron chi connectivity index (χ2n) is 4.69. The zero-order chi connectivity index (χ0) is 13.2. The third kappa shape index (κ3) is 4.05. The summed E-state index contributed by atoms with van der Waals surface area (Å²) in [6.07, 6.45) is 0. The van der Waals surface area contributed by atoms with Gasteiger partial charge in [0, 0.05) is 6.04 Å².